The van der Waals surface area contributed by atoms with Gasteiger partial charge in [-0.2, -0.15) is 4.72 Å². The monoisotopic (exact) mass is 349 g/mol. The lowest BCUT2D eigenvalue weighted by Crippen LogP contribution is -2.51. The van der Waals surface area contributed by atoms with Crippen molar-refractivity contribution >= 4 is 25.8 Å². The molecule has 0 aliphatic rings. The zero-order valence-electron chi connectivity index (χ0n) is 12.5. The van der Waals surface area contributed by atoms with Crippen LogP contribution in [0.15, 0.2) is 34.1 Å². The van der Waals surface area contributed by atoms with E-state index in [4.69, 9.17) is 0 Å². The quantitative estimate of drug-likeness (QED) is 0.758. The Morgan fingerprint density at radius 2 is 1.59 bits per heavy atom. The lowest BCUT2D eigenvalue weighted by Gasteiger charge is -2.25. The van der Waals surface area contributed by atoms with Crippen molar-refractivity contribution in [3.8, 4) is 0 Å². The summed E-state index contributed by atoms with van der Waals surface area (Å²) in [5.74, 6) is -1.27. The first kappa shape index (κ1) is 18.6. The molecule has 1 atom stereocenters. The normalized spacial score (nSPS) is 15.2. The molecule has 0 aromatic heterocycles. The number of carboxylic acids is 1. The van der Waals surface area contributed by atoms with Gasteiger partial charge in [-0.1, -0.05) is 13.3 Å². The Balaban J connectivity index is 3.17. The predicted octanol–water partition coefficient (Wildman–Crippen LogP) is 1.01. The highest BCUT2D eigenvalue weighted by molar-refractivity contribution is 7.90. The van der Waals surface area contributed by atoms with Gasteiger partial charge in [0.2, 0.25) is 10.0 Å². The summed E-state index contributed by atoms with van der Waals surface area (Å²) in [6.45, 7) is 3.04. The minimum absolute atomic E-state index is 0.0130. The molecule has 0 spiro atoms. The fourth-order valence-corrected chi connectivity index (χ4v) is 3.95. The number of benzene rings is 1. The molecule has 0 aliphatic carbocycles. The third-order valence-electron chi connectivity index (χ3n) is 3.14. The van der Waals surface area contributed by atoms with E-state index in [-0.39, 0.29) is 16.2 Å². The van der Waals surface area contributed by atoms with Crippen LogP contribution in [0.1, 0.15) is 26.7 Å². The van der Waals surface area contributed by atoms with Crippen LogP contribution in [0.2, 0.25) is 0 Å². The van der Waals surface area contributed by atoms with Crippen molar-refractivity contribution in [2.45, 2.75) is 42.0 Å². The number of sulfonamides is 1. The van der Waals surface area contributed by atoms with Gasteiger partial charge in [-0.3, -0.25) is 4.79 Å². The van der Waals surface area contributed by atoms with Crippen LogP contribution in [0, 0.1) is 0 Å². The second-order valence-corrected chi connectivity index (χ2v) is 8.93. The topological polar surface area (TPSA) is 118 Å². The molecule has 1 rings (SSSR count). The summed E-state index contributed by atoms with van der Waals surface area (Å²) >= 11 is 0. The number of carboxylic acid groups (broad SMARTS) is 1. The maximum Gasteiger partial charge on any atom is 0.324 e. The summed E-state index contributed by atoms with van der Waals surface area (Å²) in [6, 6.07) is 4.60. The molecule has 0 fully saturated rings. The Morgan fingerprint density at radius 1 is 1.14 bits per heavy atom. The van der Waals surface area contributed by atoms with E-state index in [1.54, 1.807) is 6.92 Å². The summed E-state index contributed by atoms with van der Waals surface area (Å²) in [4.78, 5) is 11.1. The number of sulfone groups is 1. The van der Waals surface area contributed by atoms with Crippen LogP contribution in [0.4, 0.5) is 0 Å². The Labute approximate surface area is 130 Å². The third-order valence-corrected chi connectivity index (χ3v) is 5.88. The first-order chi connectivity index (χ1) is 9.92. The van der Waals surface area contributed by atoms with Crippen LogP contribution in [-0.4, -0.2) is 39.7 Å². The highest BCUT2D eigenvalue weighted by Gasteiger charge is 2.37. The van der Waals surface area contributed by atoms with Gasteiger partial charge in [-0.05, 0) is 37.6 Å². The SMILES string of the molecule is CCCC(C)(NS(=O)(=O)c1ccc(S(C)(=O)=O)cc1)C(=O)O. The summed E-state index contributed by atoms with van der Waals surface area (Å²) < 4.78 is 49.4. The number of hydrogen-bond donors (Lipinski definition) is 2. The van der Waals surface area contributed by atoms with E-state index in [1.807, 2.05) is 0 Å². The molecule has 1 aromatic carbocycles. The maximum atomic E-state index is 12.3. The lowest BCUT2D eigenvalue weighted by atomic mass is 9.98. The second kappa shape index (κ2) is 6.35. The molecule has 22 heavy (non-hydrogen) atoms. The second-order valence-electron chi connectivity index (χ2n) is 5.24. The van der Waals surface area contributed by atoms with Gasteiger partial charge in [0.05, 0.1) is 9.79 Å². The van der Waals surface area contributed by atoms with Gasteiger partial charge in [0, 0.05) is 6.26 Å². The molecule has 7 nitrogen and oxygen atoms in total. The van der Waals surface area contributed by atoms with Gasteiger partial charge in [0.1, 0.15) is 5.54 Å². The van der Waals surface area contributed by atoms with Crippen molar-refractivity contribution in [2.24, 2.45) is 0 Å². The molecular weight excluding hydrogens is 330 g/mol. The van der Waals surface area contributed by atoms with Gasteiger partial charge in [-0.15, -0.1) is 0 Å². The van der Waals surface area contributed by atoms with Crippen molar-refractivity contribution in [1.82, 2.24) is 4.72 Å². The van der Waals surface area contributed by atoms with E-state index in [2.05, 4.69) is 4.72 Å². The molecule has 9 heteroatoms. The van der Waals surface area contributed by atoms with Crippen LogP contribution in [-0.2, 0) is 24.7 Å². The molecule has 0 saturated carbocycles. The first-order valence-corrected chi connectivity index (χ1v) is 9.87. The Kier molecular flexibility index (Phi) is 5.37. The minimum Gasteiger partial charge on any atom is -0.480 e. The average molecular weight is 349 g/mol. The molecule has 0 amide bonds. The van der Waals surface area contributed by atoms with Gasteiger partial charge in [0.25, 0.3) is 0 Å². The Morgan fingerprint density at radius 3 is 1.95 bits per heavy atom. The number of nitrogens with one attached hydrogen (secondary N) is 1. The van der Waals surface area contributed by atoms with Crippen LogP contribution in [0.25, 0.3) is 0 Å². The number of rotatable bonds is 7. The Bertz CT molecular complexity index is 752. The molecule has 0 aliphatic heterocycles. The molecule has 0 heterocycles. The van der Waals surface area contributed by atoms with Crippen molar-refractivity contribution in [1.29, 1.82) is 0 Å². The zero-order valence-corrected chi connectivity index (χ0v) is 14.2. The third kappa shape index (κ3) is 4.28. The molecule has 124 valence electrons. The summed E-state index contributed by atoms with van der Waals surface area (Å²) in [7, 11) is -7.50. The van der Waals surface area contributed by atoms with Crippen molar-refractivity contribution in [2.75, 3.05) is 6.26 Å². The molecule has 1 aromatic rings. The highest BCUT2D eigenvalue weighted by Crippen LogP contribution is 2.19. The largest absolute Gasteiger partial charge is 0.480 e. The molecule has 2 N–H and O–H groups in total. The smallest absolute Gasteiger partial charge is 0.324 e. The van der Waals surface area contributed by atoms with E-state index in [0.717, 1.165) is 18.4 Å². The minimum atomic E-state index is -4.07. The summed E-state index contributed by atoms with van der Waals surface area (Å²) in [6.07, 6.45) is 1.62. The van der Waals surface area contributed by atoms with Crippen LogP contribution < -0.4 is 4.72 Å². The number of hydrogen-bond acceptors (Lipinski definition) is 5. The van der Waals surface area contributed by atoms with Crippen LogP contribution in [0.3, 0.4) is 0 Å². The molecular formula is C13H19NO6S2. The number of carbonyl (C=O) groups is 1. The van der Waals surface area contributed by atoms with Crippen LogP contribution in [0.5, 0.6) is 0 Å². The van der Waals surface area contributed by atoms with Crippen LogP contribution >= 0.6 is 0 Å². The van der Waals surface area contributed by atoms with E-state index < -0.39 is 31.4 Å². The predicted molar refractivity (Wildman–Crippen MR) is 80.8 cm³/mol. The highest BCUT2D eigenvalue weighted by atomic mass is 32.2. The number of aliphatic carboxylic acids is 1. The Hall–Kier alpha value is -1.45. The molecule has 0 saturated heterocycles. The molecule has 0 radical (unpaired) electrons. The average Bonchev–Trinajstić information content (AvgIpc) is 2.37. The van der Waals surface area contributed by atoms with Gasteiger partial charge in [0.15, 0.2) is 9.84 Å². The van der Waals surface area contributed by atoms with E-state index in [9.17, 15) is 26.7 Å². The van der Waals surface area contributed by atoms with Gasteiger partial charge in [-0.25, -0.2) is 16.8 Å². The first-order valence-electron chi connectivity index (χ1n) is 6.50. The van der Waals surface area contributed by atoms with Gasteiger partial charge >= 0.3 is 5.97 Å². The van der Waals surface area contributed by atoms with Crippen molar-refractivity contribution in [3.05, 3.63) is 24.3 Å². The lowest BCUT2D eigenvalue weighted by molar-refractivity contribution is -0.143. The fraction of sp³-hybridized carbons (Fsp3) is 0.462. The fourth-order valence-electron chi connectivity index (χ4n) is 1.92. The molecule has 0 bridgehead atoms. The van der Waals surface area contributed by atoms with E-state index in [0.29, 0.717) is 6.42 Å². The van der Waals surface area contributed by atoms with Gasteiger partial charge < -0.3 is 5.11 Å². The summed E-state index contributed by atoms with van der Waals surface area (Å²) in [5, 5.41) is 9.22. The molecule has 1 unspecified atom stereocenters. The zero-order chi connectivity index (χ0) is 17.2. The summed E-state index contributed by atoms with van der Waals surface area (Å²) in [5.41, 5.74) is -1.62. The maximum absolute atomic E-state index is 12.3. The van der Waals surface area contributed by atoms with Crippen molar-refractivity contribution < 1.29 is 26.7 Å². The standard InChI is InChI=1S/C13H19NO6S2/c1-4-9-13(2,12(15)16)14-22(19,20)11-7-5-10(6-8-11)21(3,17)18/h5-8,14H,4,9H2,1-3H3,(H,15,16). The van der Waals surface area contributed by atoms with E-state index in [1.165, 1.54) is 19.1 Å². The van der Waals surface area contributed by atoms with Crippen molar-refractivity contribution in [3.63, 3.8) is 0 Å². The van der Waals surface area contributed by atoms with E-state index >= 15 is 0 Å².